The van der Waals surface area contributed by atoms with Gasteiger partial charge in [-0.1, -0.05) is 24.3 Å². The molecule has 208 valence electrons. The van der Waals surface area contributed by atoms with Gasteiger partial charge < -0.3 is 0 Å². The standard InChI is InChI=1S/C38H47N2/c1-23-12-36-37(13-24(23)2)40(21-35-28(6)26(4)25(3)27(5)29(35)7)22-39(36)20-30-8-10-34(11-9-30)38-17-31-14-32(18-38)16-33(15-31)19-38/h8-13,22,31-33H,14-21H2,1-7H3/q+1. The molecule has 0 atom stereocenters. The number of rotatable bonds is 5. The van der Waals surface area contributed by atoms with E-state index in [-0.39, 0.29) is 0 Å². The van der Waals surface area contributed by atoms with Crippen LogP contribution < -0.4 is 4.57 Å². The number of benzene rings is 3. The number of imidazole rings is 1. The Morgan fingerprint density at radius 2 is 1.23 bits per heavy atom. The molecule has 0 amide bonds. The van der Waals surface area contributed by atoms with Gasteiger partial charge in [0.2, 0.25) is 6.33 Å². The third kappa shape index (κ3) is 4.08. The Labute approximate surface area is 241 Å². The van der Waals surface area contributed by atoms with Gasteiger partial charge in [-0.2, -0.15) is 0 Å². The predicted molar refractivity (Wildman–Crippen MR) is 166 cm³/mol. The summed E-state index contributed by atoms with van der Waals surface area (Å²) in [5, 5.41) is 0. The molecule has 4 aliphatic carbocycles. The lowest BCUT2D eigenvalue weighted by atomic mass is 9.48. The van der Waals surface area contributed by atoms with Crippen LogP contribution in [0.1, 0.15) is 94.2 Å². The van der Waals surface area contributed by atoms with Gasteiger partial charge in [-0.25, -0.2) is 9.13 Å². The average molecular weight is 532 g/mol. The van der Waals surface area contributed by atoms with Crippen LogP contribution in [-0.4, -0.2) is 4.57 Å². The molecule has 1 heterocycles. The van der Waals surface area contributed by atoms with Crippen LogP contribution in [0.2, 0.25) is 0 Å². The van der Waals surface area contributed by atoms with E-state index in [4.69, 9.17) is 0 Å². The molecule has 4 bridgehead atoms. The van der Waals surface area contributed by atoms with Crippen molar-refractivity contribution in [3.63, 3.8) is 0 Å². The van der Waals surface area contributed by atoms with Crippen LogP contribution in [0.5, 0.6) is 0 Å². The second-order valence-electron chi connectivity index (χ2n) is 14.3. The van der Waals surface area contributed by atoms with Crippen LogP contribution >= 0.6 is 0 Å². The number of aryl methyl sites for hydroxylation is 2. The van der Waals surface area contributed by atoms with Gasteiger partial charge in [0.25, 0.3) is 0 Å². The van der Waals surface area contributed by atoms with E-state index in [0.29, 0.717) is 5.41 Å². The van der Waals surface area contributed by atoms with Crippen molar-refractivity contribution in [3.05, 3.63) is 98.4 Å². The van der Waals surface area contributed by atoms with E-state index in [2.05, 4.69) is 100 Å². The highest BCUT2D eigenvalue weighted by atomic mass is 15.1. The number of aromatic nitrogens is 2. The zero-order chi connectivity index (χ0) is 27.9. The molecular weight excluding hydrogens is 484 g/mol. The summed E-state index contributed by atoms with van der Waals surface area (Å²) >= 11 is 0. The fourth-order valence-corrected chi connectivity index (χ4v) is 9.40. The second kappa shape index (κ2) is 9.33. The summed E-state index contributed by atoms with van der Waals surface area (Å²) in [7, 11) is 0. The van der Waals surface area contributed by atoms with Gasteiger partial charge >= 0.3 is 0 Å². The topological polar surface area (TPSA) is 8.81 Å². The molecule has 4 aromatic rings. The molecule has 3 aromatic carbocycles. The Balaban J connectivity index is 1.23. The van der Waals surface area contributed by atoms with Gasteiger partial charge in [-0.15, -0.1) is 0 Å². The highest BCUT2D eigenvalue weighted by molar-refractivity contribution is 5.74. The molecule has 0 radical (unpaired) electrons. The van der Waals surface area contributed by atoms with E-state index in [1.807, 2.05) is 0 Å². The van der Waals surface area contributed by atoms with E-state index in [1.54, 1.807) is 5.56 Å². The Hall–Kier alpha value is -2.87. The van der Waals surface area contributed by atoms with Gasteiger partial charge in [0.1, 0.15) is 13.1 Å². The summed E-state index contributed by atoms with van der Waals surface area (Å²) in [5.41, 5.74) is 17.6. The minimum Gasteiger partial charge on any atom is -0.226 e. The van der Waals surface area contributed by atoms with Crippen molar-refractivity contribution in [2.75, 3.05) is 0 Å². The summed E-state index contributed by atoms with van der Waals surface area (Å²) in [4.78, 5) is 0. The lowest BCUT2D eigenvalue weighted by Gasteiger charge is -2.57. The van der Waals surface area contributed by atoms with Crippen molar-refractivity contribution in [1.82, 2.24) is 4.57 Å². The van der Waals surface area contributed by atoms with Crippen molar-refractivity contribution < 1.29 is 4.57 Å². The van der Waals surface area contributed by atoms with Crippen LogP contribution in [0, 0.1) is 66.2 Å². The van der Waals surface area contributed by atoms with Crippen LogP contribution in [0.3, 0.4) is 0 Å². The van der Waals surface area contributed by atoms with Crippen LogP contribution in [0.15, 0.2) is 42.7 Å². The predicted octanol–water partition coefficient (Wildman–Crippen LogP) is 8.65. The van der Waals surface area contributed by atoms with E-state index < -0.39 is 0 Å². The van der Waals surface area contributed by atoms with E-state index in [9.17, 15) is 0 Å². The Morgan fingerprint density at radius 3 is 1.80 bits per heavy atom. The lowest BCUT2D eigenvalue weighted by molar-refractivity contribution is -0.663. The Bertz CT molecular complexity index is 1570. The molecule has 8 rings (SSSR count). The highest BCUT2D eigenvalue weighted by Crippen LogP contribution is 2.60. The first kappa shape index (κ1) is 26.1. The summed E-state index contributed by atoms with van der Waals surface area (Å²) in [5.74, 6) is 2.98. The minimum absolute atomic E-state index is 0.477. The Kier molecular flexibility index (Phi) is 6.08. The molecular formula is C38H47N2+. The largest absolute Gasteiger partial charge is 0.245 e. The first-order valence-corrected chi connectivity index (χ1v) is 15.8. The zero-order valence-electron chi connectivity index (χ0n) is 25.8. The molecule has 4 fully saturated rings. The fraction of sp³-hybridized carbons (Fsp3) is 0.500. The van der Waals surface area contributed by atoms with Gasteiger partial charge in [0.05, 0.1) is 0 Å². The molecule has 2 nitrogen and oxygen atoms in total. The summed E-state index contributed by atoms with van der Waals surface area (Å²) in [6.45, 7) is 17.8. The maximum absolute atomic E-state index is 2.50. The normalized spacial score (nSPS) is 25.3. The maximum Gasteiger partial charge on any atom is 0.245 e. The molecule has 0 unspecified atom stereocenters. The van der Waals surface area contributed by atoms with E-state index >= 15 is 0 Å². The van der Waals surface area contributed by atoms with Crippen molar-refractivity contribution in [3.8, 4) is 0 Å². The fourth-order valence-electron chi connectivity index (χ4n) is 9.40. The van der Waals surface area contributed by atoms with Crippen molar-refractivity contribution in [2.24, 2.45) is 17.8 Å². The third-order valence-electron chi connectivity index (χ3n) is 11.9. The summed E-state index contributed by atoms with van der Waals surface area (Å²) < 4.78 is 4.98. The van der Waals surface area contributed by atoms with Gasteiger partial charge in [-0.3, -0.25) is 0 Å². The van der Waals surface area contributed by atoms with Gasteiger partial charge in [-0.05, 0) is 178 Å². The second-order valence-corrected chi connectivity index (χ2v) is 14.3. The zero-order valence-corrected chi connectivity index (χ0v) is 25.8. The molecule has 4 aliphatic rings. The summed E-state index contributed by atoms with van der Waals surface area (Å²) in [6.07, 6.45) is 11.2. The third-order valence-corrected chi connectivity index (χ3v) is 11.9. The SMILES string of the molecule is Cc1cc2c(cc1C)[n+](Cc1ccc(C34CC5CC(CC(C5)C3)C4)cc1)cn2Cc1c(C)c(C)c(C)c(C)c1C. The molecule has 1 aromatic heterocycles. The van der Waals surface area contributed by atoms with Crippen LogP contribution in [0.25, 0.3) is 11.0 Å². The van der Waals surface area contributed by atoms with E-state index in [1.165, 1.54) is 99.6 Å². The molecule has 0 N–H and O–H groups in total. The first-order chi connectivity index (χ1) is 19.1. The smallest absolute Gasteiger partial charge is 0.226 e. The first-order valence-electron chi connectivity index (χ1n) is 15.8. The monoisotopic (exact) mass is 531 g/mol. The highest BCUT2D eigenvalue weighted by Gasteiger charge is 2.51. The molecule has 0 saturated heterocycles. The Morgan fingerprint density at radius 1 is 0.700 bits per heavy atom. The summed E-state index contributed by atoms with van der Waals surface area (Å²) in [6, 6.07) is 14.7. The molecule has 2 heteroatoms. The van der Waals surface area contributed by atoms with Crippen LogP contribution in [-0.2, 0) is 18.5 Å². The number of nitrogens with zero attached hydrogens (tertiary/aromatic N) is 2. The maximum atomic E-state index is 2.50. The van der Waals surface area contributed by atoms with E-state index in [0.717, 1.165) is 30.8 Å². The van der Waals surface area contributed by atoms with Gasteiger partial charge in [0.15, 0.2) is 11.0 Å². The molecule has 0 aliphatic heterocycles. The number of hydrogen-bond acceptors (Lipinski definition) is 0. The minimum atomic E-state index is 0.477. The lowest BCUT2D eigenvalue weighted by Crippen LogP contribution is -2.48. The van der Waals surface area contributed by atoms with Crippen molar-refractivity contribution >= 4 is 11.0 Å². The molecule has 40 heavy (non-hydrogen) atoms. The quantitative estimate of drug-likeness (QED) is 0.228. The number of hydrogen-bond donors (Lipinski definition) is 0. The van der Waals surface area contributed by atoms with Crippen molar-refractivity contribution in [1.29, 1.82) is 0 Å². The van der Waals surface area contributed by atoms with Crippen LogP contribution in [0.4, 0.5) is 0 Å². The molecule has 0 spiro atoms. The van der Waals surface area contributed by atoms with Gasteiger partial charge in [0, 0.05) is 0 Å². The average Bonchev–Trinajstić information content (AvgIpc) is 3.24. The number of fused-ring (bicyclic) bond motifs is 1. The molecule has 4 saturated carbocycles. The van der Waals surface area contributed by atoms with Crippen molar-refractivity contribution in [2.45, 2.75) is 105 Å².